The van der Waals surface area contributed by atoms with E-state index in [0.29, 0.717) is 16.2 Å². The Balaban J connectivity index is 2.16. The predicted octanol–water partition coefficient (Wildman–Crippen LogP) is 3.49. The number of ether oxygens (including phenoxy) is 2. The number of halogens is 1. The van der Waals surface area contributed by atoms with Crippen LogP contribution in [0.2, 0.25) is 25.7 Å². The van der Waals surface area contributed by atoms with Crippen LogP contribution in [0.1, 0.15) is 25.8 Å². The number of carbonyl (C=O) groups excluding carboxylic acids is 3. The summed E-state index contributed by atoms with van der Waals surface area (Å²) in [6.07, 6.45) is -0.690. The molecule has 0 bridgehead atoms. The Morgan fingerprint density at radius 3 is 2.57 bits per heavy atom. The first-order chi connectivity index (χ1) is 13.7. The summed E-state index contributed by atoms with van der Waals surface area (Å²) in [5, 5.41) is 7.34. The number of carbonyl (C=O) groups is 3. The van der Waals surface area contributed by atoms with Gasteiger partial charge in [0.25, 0.3) is 5.91 Å². The van der Waals surface area contributed by atoms with Crippen LogP contribution in [0.15, 0.2) is 9.98 Å². The quantitative estimate of drug-likeness (QED) is 0.308. The average molecular weight is 522 g/mol. The second-order valence-corrected chi connectivity index (χ2v) is 16.5. The largest absolute Gasteiger partial charge is 0.444 e. The van der Waals surface area contributed by atoms with Crippen molar-refractivity contribution in [1.29, 1.82) is 0 Å². The Labute approximate surface area is 190 Å². The van der Waals surface area contributed by atoms with Crippen LogP contribution < -0.4 is 10.6 Å². The van der Waals surface area contributed by atoms with Crippen LogP contribution in [0.5, 0.6) is 0 Å². The van der Waals surface area contributed by atoms with Crippen molar-refractivity contribution in [1.82, 2.24) is 20.5 Å². The molecule has 2 rings (SSSR count). The van der Waals surface area contributed by atoms with Crippen LogP contribution in [-0.2, 0) is 19.8 Å². The highest BCUT2D eigenvalue weighted by Crippen LogP contribution is 2.32. The average Bonchev–Trinajstić information content (AvgIpc) is 3.11. The van der Waals surface area contributed by atoms with E-state index in [0.717, 1.165) is 10.9 Å². The summed E-state index contributed by atoms with van der Waals surface area (Å²) in [7, 11) is -1.30. The fraction of sp³-hybridized carbons (Fsp3) is 0.667. The second-order valence-electron chi connectivity index (χ2n) is 9.25. The predicted molar refractivity (Wildman–Crippen MR) is 120 cm³/mol. The standard InChI is InChI=1S/C18H29BrN4O5SSi/c1-17(2,3)28-16(26)20-10-18(13-21-12(19)9-29-13)14(24)23(15(25)22-18)11-27-7-8-30(4,5)6/h9H,7-8,10-11H2,1-6H3,(H,20,26)(H,22,25)/t18-/m0/s1. The van der Waals surface area contributed by atoms with Crippen molar-refractivity contribution < 1.29 is 23.9 Å². The molecule has 168 valence electrons. The van der Waals surface area contributed by atoms with E-state index >= 15 is 0 Å². The Morgan fingerprint density at radius 1 is 1.37 bits per heavy atom. The minimum absolute atomic E-state index is 0.157. The van der Waals surface area contributed by atoms with Gasteiger partial charge in [-0.1, -0.05) is 19.6 Å². The van der Waals surface area contributed by atoms with Gasteiger partial charge in [0.1, 0.15) is 21.9 Å². The maximum atomic E-state index is 13.3. The zero-order valence-electron chi connectivity index (χ0n) is 18.1. The minimum atomic E-state index is -1.52. The lowest BCUT2D eigenvalue weighted by molar-refractivity contribution is -0.135. The number of urea groups is 1. The van der Waals surface area contributed by atoms with Gasteiger partial charge < -0.3 is 20.1 Å². The number of imide groups is 1. The Hall–Kier alpha value is -1.50. The van der Waals surface area contributed by atoms with E-state index in [1.807, 2.05) is 0 Å². The van der Waals surface area contributed by atoms with E-state index in [2.05, 4.69) is 51.2 Å². The summed E-state index contributed by atoms with van der Waals surface area (Å²) in [5.41, 5.74) is -2.21. The van der Waals surface area contributed by atoms with Crippen LogP contribution in [0.4, 0.5) is 9.59 Å². The van der Waals surface area contributed by atoms with E-state index in [-0.39, 0.29) is 13.3 Å². The Bertz CT molecular complexity index is 807. The van der Waals surface area contributed by atoms with Crippen molar-refractivity contribution in [3.8, 4) is 0 Å². The SMILES string of the molecule is CC(C)(C)OC(=O)NC[C@@]1(c2nc(Br)cs2)NC(=O)N(COCC[Si](C)(C)C)C1=O. The number of amides is 4. The van der Waals surface area contributed by atoms with E-state index in [1.165, 1.54) is 11.3 Å². The normalized spacial score (nSPS) is 19.8. The van der Waals surface area contributed by atoms with Crippen molar-refractivity contribution in [2.24, 2.45) is 0 Å². The van der Waals surface area contributed by atoms with Gasteiger partial charge in [-0.2, -0.15) is 0 Å². The van der Waals surface area contributed by atoms with E-state index in [9.17, 15) is 14.4 Å². The lowest BCUT2D eigenvalue weighted by atomic mass is 10.0. The first kappa shape index (κ1) is 24.8. The van der Waals surface area contributed by atoms with Crippen LogP contribution >= 0.6 is 27.3 Å². The maximum absolute atomic E-state index is 13.3. The van der Waals surface area contributed by atoms with Gasteiger partial charge in [-0.15, -0.1) is 11.3 Å². The minimum Gasteiger partial charge on any atom is -0.444 e. The molecule has 1 aromatic rings. The number of rotatable bonds is 8. The molecular formula is C18H29BrN4O5SSi. The Kier molecular flexibility index (Phi) is 7.70. The number of nitrogens with zero attached hydrogens (tertiary/aromatic N) is 2. The van der Waals surface area contributed by atoms with Gasteiger partial charge in [-0.05, 0) is 42.7 Å². The molecule has 0 spiro atoms. The molecule has 0 saturated carbocycles. The van der Waals surface area contributed by atoms with Crippen LogP contribution in [0.3, 0.4) is 0 Å². The van der Waals surface area contributed by atoms with Crippen molar-refractivity contribution >= 4 is 53.4 Å². The number of hydrogen-bond donors (Lipinski definition) is 2. The van der Waals surface area contributed by atoms with Crippen LogP contribution in [0, 0.1) is 0 Å². The lowest BCUT2D eigenvalue weighted by Gasteiger charge is -2.26. The van der Waals surface area contributed by atoms with Gasteiger partial charge in [0.15, 0.2) is 5.54 Å². The first-order valence-electron chi connectivity index (χ1n) is 9.54. The van der Waals surface area contributed by atoms with Gasteiger partial charge in [0, 0.05) is 20.1 Å². The molecule has 0 unspecified atom stereocenters. The molecule has 0 radical (unpaired) electrons. The summed E-state index contributed by atoms with van der Waals surface area (Å²) >= 11 is 4.47. The highest BCUT2D eigenvalue weighted by atomic mass is 79.9. The summed E-state index contributed by atoms with van der Waals surface area (Å²) in [6, 6.07) is 0.326. The van der Waals surface area contributed by atoms with Gasteiger partial charge in [0.05, 0.1) is 6.54 Å². The molecule has 1 atom stereocenters. The van der Waals surface area contributed by atoms with Gasteiger partial charge in [0.2, 0.25) is 0 Å². The first-order valence-corrected chi connectivity index (χ1v) is 14.9. The van der Waals surface area contributed by atoms with E-state index < -0.39 is 37.2 Å². The van der Waals surface area contributed by atoms with E-state index in [4.69, 9.17) is 9.47 Å². The zero-order chi connectivity index (χ0) is 22.7. The third-order valence-electron chi connectivity index (χ3n) is 4.13. The molecule has 1 saturated heterocycles. The lowest BCUT2D eigenvalue weighted by Crippen LogP contribution is -2.53. The van der Waals surface area contributed by atoms with Crippen LogP contribution in [0.25, 0.3) is 0 Å². The molecule has 1 aliphatic rings. The molecule has 0 aliphatic carbocycles. The summed E-state index contributed by atoms with van der Waals surface area (Å²) in [5.74, 6) is -0.529. The topological polar surface area (TPSA) is 110 Å². The van der Waals surface area contributed by atoms with Gasteiger partial charge in [-0.3, -0.25) is 4.79 Å². The van der Waals surface area contributed by atoms with Crippen molar-refractivity contribution in [3.05, 3.63) is 15.0 Å². The molecule has 9 nitrogen and oxygen atoms in total. The van der Waals surface area contributed by atoms with Gasteiger partial charge >= 0.3 is 12.1 Å². The van der Waals surface area contributed by atoms with Crippen molar-refractivity contribution in [2.45, 2.75) is 57.6 Å². The molecule has 2 heterocycles. The zero-order valence-corrected chi connectivity index (χ0v) is 21.5. The third-order valence-corrected chi connectivity index (χ3v) is 7.55. The molecule has 1 fully saturated rings. The molecule has 4 amide bonds. The molecule has 1 aromatic heterocycles. The molecule has 0 aromatic carbocycles. The molecule has 2 N–H and O–H groups in total. The molecule has 1 aliphatic heterocycles. The van der Waals surface area contributed by atoms with Crippen molar-refractivity contribution in [2.75, 3.05) is 19.9 Å². The van der Waals surface area contributed by atoms with Crippen LogP contribution in [-0.4, -0.2) is 61.5 Å². The fourth-order valence-corrected chi connectivity index (χ4v) is 4.74. The second kappa shape index (κ2) is 9.33. The number of hydrogen-bond acceptors (Lipinski definition) is 7. The van der Waals surface area contributed by atoms with Gasteiger partial charge in [-0.25, -0.2) is 19.5 Å². The van der Waals surface area contributed by atoms with Crippen molar-refractivity contribution in [3.63, 3.8) is 0 Å². The summed E-state index contributed by atoms with van der Waals surface area (Å²) in [6.45, 7) is 12.0. The number of aromatic nitrogens is 1. The molecular weight excluding hydrogens is 492 g/mol. The number of thiazole rings is 1. The van der Waals surface area contributed by atoms with E-state index in [1.54, 1.807) is 26.2 Å². The smallest absolute Gasteiger partial charge is 0.407 e. The summed E-state index contributed by atoms with van der Waals surface area (Å²) in [4.78, 5) is 43.3. The number of alkyl carbamates (subject to hydrolysis) is 1. The Morgan fingerprint density at radius 2 is 2.03 bits per heavy atom. The monoisotopic (exact) mass is 520 g/mol. The molecule has 30 heavy (non-hydrogen) atoms. The fourth-order valence-electron chi connectivity index (χ4n) is 2.59. The number of nitrogens with one attached hydrogen (secondary N) is 2. The summed E-state index contributed by atoms with van der Waals surface area (Å²) < 4.78 is 11.4. The highest BCUT2D eigenvalue weighted by Gasteiger charge is 2.55. The third kappa shape index (κ3) is 6.50. The molecule has 12 heteroatoms. The highest BCUT2D eigenvalue weighted by molar-refractivity contribution is 9.10. The maximum Gasteiger partial charge on any atom is 0.407 e.